The van der Waals surface area contributed by atoms with Crippen LogP contribution in [0.4, 0.5) is 0 Å². The standard InChI is InChI=1S/C14H23N3O2/c1-3-15-12-6-4-5-11(12)7-8-17-10-9-16(2)13(18)14(17)19/h9-12,15H,3-8H2,1-2H3. The molecule has 1 fully saturated rings. The van der Waals surface area contributed by atoms with Gasteiger partial charge in [0.15, 0.2) is 0 Å². The fraction of sp³-hybridized carbons (Fsp3) is 0.714. The van der Waals surface area contributed by atoms with Gasteiger partial charge >= 0.3 is 11.1 Å². The van der Waals surface area contributed by atoms with Gasteiger partial charge < -0.3 is 14.5 Å². The molecule has 0 aromatic carbocycles. The van der Waals surface area contributed by atoms with E-state index in [9.17, 15) is 9.59 Å². The van der Waals surface area contributed by atoms with Crippen molar-refractivity contribution in [3.05, 3.63) is 33.1 Å². The van der Waals surface area contributed by atoms with Crippen LogP contribution in [0.3, 0.4) is 0 Å². The van der Waals surface area contributed by atoms with Crippen LogP contribution in [0.5, 0.6) is 0 Å². The third kappa shape index (κ3) is 3.15. The van der Waals surface area contributed by atoms with Crippen LogP contribution in [0.1, 0.15) is 32.6 Å². The number of rotatable bonds is 5. The van der Waals surface area contributed by atoms with Crippen LogP contribution in [0, 0.1) is 5.92 Å². The van der Waals surface area contributed by atoms with Crippen molar-refractivity contribution in [3.63, 3.8) is 0 Å². The predicted octanol–water partition coefficient (Wildman–Crippen LogP) is 0.715. The lowest BCUT2D eigenvalue weighted by molar-refractivity contribution is 0.363. The summed E-state index contributed by atoms with van der Waals surface area (Å²) in [5.41, 5.74) is -0.861. The summed E-state index contributed by atoms with van der Waals surface area (Å²) in [6, 6.07) is 0.576. The molecule has 1 saturated carbocycles. The highest BCUT2D eigenvalue weighted by atomic mass is 16.2. The summed E-state index contributed by atoms with van der Waals surface area (Å²) < 4.78 is 2.87. The van der Waals surface area contributed by atoms with Gasteiger partial charge in [-0.2, -0.15) is 0 Å². The smallest absolute Gasteiger partial charge is 0.314 e. The van der Waals surface area contributed by atoms with Crippen LogP contribution in [0.25, 0.3) is 0 Å². The Morgan fingerprint density at radius 2 is 2.05 bits per heavy atom. The molecule has 106 valence electrons. The molecule has 2 unspecified atom stereocenters. The van der Waals surface area contributed by atoms with Crippen molar-refractivity contribution >= 4 is 0 Å². The van der Waals surface area contributed by atoms with Gasteiger partial charge in [-0.05, 0) is 31.7 Å². The van der Waals surface area contributed by atoms with Crippen LogP contribution in [-0.4, -0.2) is 21.7 Å². The molecule has 0 radical (unpaired) electrons. The van der Waals surface area contributed by atoms with Crippen molar-refractivity contribution < 1.29 is 0 Å². The zero-order valence-corrected chi connectivity index (χ0v) is 11.8. The van der Waals surface area contributed by atoms with Gasteiger partial charge in [0.2, 0.25) is 0 Å². The van der Waals surface area contributed by atoms with Crippen molar-refractivity contribution in [1.29, 1.82) is 0 Å². The largest absolute Gasteiger partial charge is 0.316 e. The Morgan fingerprint density at radius 1 is 1.26 bits per heavy atom. The fourth-order valence-electron chi connectivity index (χ4n) is 2.98. The molecule has 0 aliphatic heterocycles. The molecule has 19 heavy (non-hydrogen) atoms. The third-order valence-corrected chi connectivity index (χ3v) is 4.10. The second kappa shape index (κ2) is 6.19. The van der Waals surface area contributed by atoms with E-state index >= 15 is 0 Å². The second-order valence-electron chi connectivity index (χ2n) is 5.36. The Morgan fingerprint density at radius 3 is 2.79 bits per heavy atom. The number of hydrogen-bond donors (Lipinski definition) is 1. The first-order valence-electron chi connectivity index (χ1n) is 7.13. The zero-order chi connectivity index (χ0) is 13.8. The fourth-order valence-corrected chi connectivity index (χ4v) is 2.98. The molecule has 0 saturated heterocycles. The van der Waals surface area contributed by atoms with Gasteiger partial charge in [-0.3, -0.25) is 9.59 Å². The number of nitrogens with one attached hydrogen (secondary N) is 1. The Kier molecular flexibility index (Phi) is 4.58. The summed E-state index contributed by atoms with van der Waals surface area (Å²) in [5, 5.41) is 3.51. The summed E-state index contributed by atoms with van der Waals surface area (Å²) in [4.78, 5) is 23.4. The summed E-state index contributed by atoms with van der Waals surface area (Å²) in [5.74, 6) is 0.621. The average Bonchev–Trinajstić information content (AvgIpc) is 2.83. The Labute approximate surface area is 113 Å². The van der Waals surface area contributed by atoms with Gasteiger partial charge in [0, 0.05) is 32.0 Å². The van der Waals surface area contributed by atoms with Crippen molar-refractivity contribution in [2.75, 3.05) is 6.54 Å². The molecule has 1 aromatic heterocycles. The first-order chi connectivity index (χ1) is 9.13. The topological polar surface area (TPSA) is 56.0 Å². The van der Waals surface area contributed by atoms with Crippen LogP contribution in [0.2, 0.25) is 0 Å². The minimum atomic E-state index is -0.447. The number of nitrogens with zero attached hydrogens (tertiary/aromatic N) is 2. The van der Waals surface area contributed by atoms with Crippen LogP contribution < -0.4 is 16.4 Å². The monoisotopic (exact) mass is 265 g/mol. The quantitative estimate of drug-likeness (QED) is 0.798. The van der Waals surface area contributed by atoms with Crippen LogP contribution in [0.15, 0.2) is 22.0 Å². The van der Waals surface area contributed by atoms with Crippen LogP contribution in [-0.2, 0) is 13.6 Å². The maximum atomic E-state index is 11.8. The first kappa shape index (κ1) is 14.1. The summed E-state index contributed by atoms with van der Waals surface area (Å²) in [6.07, 6.45) is 8.03. The number of hydrogen-bond acceptors (Lipinski definition) is 3. The van der Waals surface area contributed by atoms with Gasteiger partial charge in [-0.1, -0.05) is 13.3 Å². The second-order valence-corrected chi connectivity index (χ2v) is 5.36. The minimum absolute atomic E-state index is 0.414. The van der Waals surface area contributed by atoms with E-state index in [-0.39, 0.29) is 0 Å². The number of aromatic nitrogens is 2. The van der Waals surface area contributed by atoms with Gasteiger partial charge in [0.05, 0.1) is 0 Å². The van der Waals surface area contributed by atoms with Gasteiger partial charge in [-0.15, -0.1) is 0 Å². The van der Waals surface area contributed by atoms with E-state index in [4.69, 9.17) is 0 Å². The van der Waals surface area contributed by atoms with E-state index in [1.54, 1.807) is 24.0 Å². The predicted molar refractivity (Wildman–Crippen MR) is 75.4 cm³/mol. The molecule has 5 heteroatoms. The number of aryl methyl sites for hydroxylation is 2. The van der Waals surface area contributed by atoms with Crippen molar-refractivity contribution in [2.45, 2.75) is 45.2 Å². The van der Waals surface area contributed by atoms with Gasteiger partial charge in [0.1, 0.15) is 0 Å². The first-order valence-corrected chi connectivity index (χ1v) is 7.13. The molecule has 0 bridgehead atoms. The van der Waals surface area contributed by atoms with Crippen molar-refractivity contribution in [2.24, 2.45) is 13.0 Å². The Hall–Kier alpha value is -1.36. The zero-order valence-electron chi connectivity index (χ0n) is 11.8. The lowest BCUT2D eigenvalue weighted by Crippen LogP contribution is -2.40. The minimum Gasteiger partial charge on any atom is -0.314 e. The SMILES string of the molecule is CCNC1CCCC1CCn1ccn(C)c(=O)c1=O. The Balaban J connectivity index is 2.01. The van der Waals surface area contributed by atoms with Crippen molar-refractivity contribution in [1.82, 2.24) is 14.5 Å². The molecule has 5 nitrogen and oxygen atoms in total. The van der Waals surface area contributed by atoms with E-state index in [1.165, 1.54) is 23.8 Å². The van der Waals surface area contributed by atoms with E-state index in [0.717, 1.165) is 13.0 Å². The molecule has 2 rings (SSSR count). The maximum absolute atomic E-state index is 11.8. The summed E-state index contributed by atoms with van der Waals surface area (Å²) in [6.45, 7) is 3.76. The molecule has 0 amide bonds. The third-order valence-electron chi connectivity index (χ3n) is 4.10. The molecule has 1 aliphatic carbocycles. The Bertz CT molecular complexity index is 532. The molecule has 1 aromatic rings. The molecule has 0 spiro atoms. The highest BCUT2D eigenvalue weighted by Crippen LogP contribution is 2.28. The van der Waals surface area contributed by atoms with E-state index < -0.39 is 11.1 Å². The highest BCUT2D eigenvalue weighted by Gasteiger charge is 2.26. The lowest BCUT2D eigenvalue weighted by atomic mass is 9.99. The molecular formula is C14H23N3O2. The summed E-state index contributed by atoms with van der Waals surface area (Å²) >= 11 is 0. The van der Waals surface area contributed by atoms with E-state index in [1.807, 2.05) is 0 Å². The maximum Gasteiger partial charge on any atom is 0.316 e. The average molecular weight is 265 g/mol. The summed E-state index contributed by atoms with van der Waals surface area (Å²) in [7, 11) is 1.60. The lowest BCUT2D eigenvalue weighted by Gasteiger charge is -2.20. The van der Waals surface area contributed by atoms with E-state index in [0.29, 0.717) is 18.5 Å². The highest BCUT2D eigenvalue weighted by molar-refractivity contribution is 4.87. The normalized spacial score (nSPS) is 22.8. The molecule has 2 atom stereocenters. The van der Waals surface area contributed by atoms with Crippen molar-refractivity contribution in [3.8, 4) is 0 Å². The van der Waals surface area contributed by atoms with Crippen LogP contribution >= 0.6 is 0 Å². The van der Waals surface area contributed by atoms with E-state index in [2.05, 4.69) is 12.2 Å². The molecular weight excluding hydrogens is 242 g/mol. The van der Waals surface area contributed by atoms with Gasteiger partial charge in [-0.25, -0.2) is 0 Å². The molecule has 1 N–H and O–H groups in total. The molecule has 1 heterocycles. The molecule has 1 aliphatic rings. The van der Waals surface area contributed by atoms with Gasteiger partial charge in [0.25, 0.3) is 0 Å².